The Balaban J connectivity index is 1.40. The largest absolute Gasteiger partial charge is 0.354 e. The smallest absolute Gasteiger partial charge is 0.273 e. The van der Waals surface area contributed by atoms with Crippen molar-refractivity contribution in [3.05, 3.63) is 51.5 Å². The number of nitrogens with zero attached hydrogens (tertiary/aromatic N) is 4. The number of piperidine rings is 1. The first kappa shape index (κ1) is 20.8. The molecule has 1 saturated heterocycles. The molecule has 0 unspecified atom stereocenters. The van der Waals surface area contributed by atoms with Gasteiger partial charge in [-0.3, -0.25) is 14.2 Å². The van der Waals surface area contributed by atoms with Crippen LogP contribution in [-0.4, -0.2) is 40.1 Å². The highest BCUT2D eigenvalue weighted by molar-refractivity contribution is 7.22. The minimum atomic E-state index is -0.221. The third-order valence-electron chi connectivity index (χ3n) is 5.26. The molecular weight excluding hydrogens is 422 g/mol. The summed E-state index contributed by atoms with van der Waals surface area (Å²) in [4.78, 5) is 36.2. The Morgan fingerprint density at radius 1 is 1.33 bits per heavy atom. The number of fused-ring (bicyclic) bond motifs is 1. The van der Waals surface area contributed by atoms with Gasteiger partial charge in [-0.05, 0) is 42.9 Å². The Morgan fingerprint density at radius 2 is 2.13 bits per heavy atom. The van der Waals surface area contributed by atoms with Crippen LogP contribution in [0.2, 0.25) is 5.02 Å². The van der Waals surface area contributed by atoms with E-state index in [4.69, 9.17) is 11.6 Å². The van der Waals surface area contributed by atoms with Gasteiger partial charge in [0.25, 0.3) is 5.56 Å². The molecule has 0 spiro atoms. The van der Waals surface area contributed by atoms with Crippen LogP contribution in [-0.2, 0) is 17.8 Å². The Morgan fingerprint density at radius 3 is 2.90 bits per heavy atom. The van der Waals surface area contributed by atoms with Gasteiger partial charge in [-0.1, -0.05) is 42.0 Å². The number of hydrogen-bond acceptors (Lipinski definition) is 6. The van der Waals surface area contributed by atoms with Gasteiger partial charge >= 0.3 is 0 Å². The molecule has 4 rings (SSSR count). The summed E-state index contributed by atoms with van der Waals surface area (Å²) in [6, 6.07) is 7.52. The molecule has 0 bridgehead atoms. The molecule has 1 N–H and O–H groups in total. The SMILES string of the molecule is C[C@H]1CCCN(c2nc3ncn(CC(=O)NCCc4ccc(Cl)cc4)c(=O)c3s2)C1. The molecule has 3 heterocycles. The van der Waals surface area contributed by atoms with Crippen LogP contribution in [0.4, 0.5) is 5.13 Å². The number of rotatable bonds is 6. The number of thiazole rings is 1. The van der Waals surface area contributed by atoms with Crippen molar-refractivity contribution < 1.29 is 4.79 Å². The van der Waals surface area contributed by atoms with Gasteiger partial charge in [-0.25, -0.2) is 4.98 Å². The van der Waals surface area contributed by atoms with Crippen LogP contribution in [0.15, 0.2) is 35.4 Å². The number of halogens is 1. The fraction of sp³-hybridized carbons (Fsp3) is 0.429. The predicted octanol–water partition coefficient (Wildman–Crippen LogP) is 3.10. The second kappa shape index (κ2) is 9.14. The number of nitrogens with one attached hydrogen (secondary N) is 1. The van der Waals surface area contributed by atoms with Gasteiger partial charge in [-0.2, -0.15) is 4.98 Å². The molecular formula is C21H24ClN5O2S. The third kappa shape index (κ3) is 4.82. The van der Waals surface area contributed by atoms with Crippen LogP contribution >= 0.6 is 22.9 Å². The number of anilines is 1. The molecule has 1 atom stereocenters. The van der Waals surface area contributed by atoms with Crippen molar-refractivity contribution in [2.24, 2.45) is 5.92 Å². The third-order valence-corrected chi connectivity index (χ3v) is 6.61. The molecule has 1 fully saturated rings. The quantitative estimate of drug-likeness (QED) is 0.630. The number of hydrogen-bond donors (Lipinski definition) is 1. The molecule has 9 heteroatoms. The topological polar surface area (TPSA) is 80.1 Å². The number of benzene rings is 1. The van der Waals surface area contributed by atoms with Crippen molar-refractivity contribution in [1.82, 2.24) is 19.9 Å². The average Bonchev–Trinajstić information content (AvgIpc) is 3.17. The molecule has 1 aliphatic heterocycles. The summed E-state index contributed by atoms with van der Waals surface area (Å²) in [5.74, 6) is 0.397. The summed E-state index contributed by atoms with van der Waals surface area (Å²) in [5.41, 5.74) is 1.32. The number of amides is 1. The maximum atomic E-state index is 12.8. The second-order valence-corrected chi connectivity index (χ2v) is 9.16. The molecule has 0 saturated carbocycles. The average molecular weight is 446 g/mol. The summed E-state index contributed by atoms with van der Waals surface area (Å²) in [7, 11) is 0. The Hall–Kier alpha value is -2.45. The molecule has 1 amide bonds. The van der Waals surface area contributed by atoms with Crippen LogP contribution < -0.4 is 15.8 Å². The number of carbonyl (C=O) groups excluding carboxylic acids is 1. The zero-order valence-electron chi connectivity index (χ0n) is 16.8. The first-order valence-corrected chi connectivity index (χ1v) is 11.3. The lowest BCUT2D eigenvalue weighted by atomic mass is 10.0. The van der Waals surface area contributed by atoms with Crippen molar-refractivity contribution in [3.8, 4) is 0 Å². The second-order valence-electron chi connectivity index (χ2n) is 7.75. The lowest BCUT2D eigenvalue weighted by molar-refractivity contribution is -0.121. The molecule has 158 valence electrons. The van der Waals surface area contributed by atoms with E-state index in [1.807, 2.05) is 24.3 Å². The zero-order valence-corrected chi connectivity index (χ0v) is 18.4. The highest BCUT2D eigenvalue weighted by Crippen LogP contribution is 2.29. The van der Waals surface area contributed by atoms with E-state index in [1.54, 1.807) is 0 Å². The van der Waals surface area contributed by atoms with Crippen molar-refractivity contribution in [3.63, 3.8) is 0 Å². The standard InChI is InChI=1S/C21H24ClN5O2S/c1-14-3-2-10-26(11-14)21-25-19-18(30-21)20(29)27(13-24-19)12-17(28)23-9-8-15-4-6-16(22)7-5-15/h4-7,13-14H,2-3,8-12H2,1H3,(H,23,28)/t14-/m0/s1. The van der Waals surface area contributed by atoms with E-state index < -0.39 is 0 Å². The predicted molar refractivity (Wildman–Crippen MR) is 120 cm³/mol. The van der Waals surface area contributed by atoms with E-state index in [9.17, 15) is 9.59 Å². The number of aromatic nitrogens is 3. The van der Waals surface area contributed by atoms with Crippen LogP contribution in [0.3, 0.4) is 0 Å². The fourth-order valence-corrected chi connectivity index (χ4v) is 4.78. The van der Waals surface area contributed by atoms with Gasteiger partial charge in [0.1, 0.15) is 17.6 Å². The van der Waals surface area contributed by atoms with Crippen LogP contribution in [0.1, 0.15) is 25.3 Å². The van der Waals surface area contributed by atoms with E-state index in [0.717, 1.165) is 30.2 Å². The molecule has 30 heavy (non-hydrogen) atoms. The first-order valence-electron chi connectivity index (χ1n) is 10.1. The summed E-state index contributed by atoms with van der Waals surface area (Å²) >= 11 is 7.25. The molecule has 3 aromatic rings. The van der Waals surface area contributed by atoms with Crippen LogP contribution in [0.5, 0.6) is 0 Å². The van der Waals surface area contributed by atoms with Gasteiger partial charge in [0.2, 0.25) is 5.91 Å². The molecule has 0 aliphatic carbocycles. The summed E-state index contributed by atoms with van der Waals surface area (Å²) in [6.07, 6.45) is 4.46. The van der Waals surface area contributed by atoms with Crippen molar-refractivity contribution in [2.75, 3.05) is 24.5 Å². The maximum Gasteiger partial charge on any atom is 0.273 e. The molecule has 1 aliphatic rings. The first-order chi connectivity index (χ1) is 14.5. The van der Waals surface area contributed by atoms with Crippen molar-refractivity contribution in [1.29, 1.82) is 0 Å². The summed E-state index contributed by atoms with van der Waals surface area (Å²) < 4.78 is 1.85. The Kier molecular flexibility index (Phi) is 6.34. The van der Waals surface area contributed by atoms with Crippen molar-refractivity contribution >= 4 is 44.3 Å². The lowest BCUT2D eigenvalue weighted by Gasteiger charge is -2.30. The summed E-state index contributed by atoms with van der Waals surface area (Å²) in [5, 5.41) is 4.38. The Labute approximate surface area is 183 Å². The zero-order chi connectivity index (χ0) is 21.1. The lowest BCUT2D eigenvalue weighted by Crippen LogP contribution is -2.34. The molecule has 2 aromatic heterocycles. The number of carbonyl (C=O) groups is 1. The van der Waals surface area contributed by atoms with E-state index in [1.165, 1.54) is 28.7 Å². The highest BCUT2D eigenvalue weighted by atomic mass is 35.5. The minimum absolute atomic E-state index is 0.0592. The van der Waals surface area contributed by atoms with Crippen LogP contribution in [0, 0.1) is 5.92 Å². The normalized spacial score (nSPS) is 16.7. The van der Waals surface area contributed by atoms with Gasteiger partial charge in [-0.15, -0.1) is 0 Å². The Bertz CT molecular complexity index is 1090. The van der Waals surface area contributed by atoms with E-state index >= 15 is 0 Å². The van der Waals surface area contributed by atoms with Gasteiger partial charge in [0.05, 0.1) is 0 Å². The van der Waals surface area contributed by atoms with E-state index in [2.05, 4.69) is 27.1 Å². The van der Waals surface area contributed by atoms with Gasteiger partial charge in [0, 0.05) is 24.7 Å². The minimum Gasteiger partial charge on any atom is -0.354 e. The van der Waals surface area contributed by atoms with E-state index in [-0.39, 0.29) is 18.0 Å². The maximum absolute atomic E-state index is 12.8. The summed E-state index contributed by atoms with van der Waals surface area (Å²) in [6.45, 7) is 4.56. The van der Waals surface area contributed by atoms with Crippen molar-refractivity contribution in [2.45, 2.75) is 32.7 Å². The molecule has 7 nitrogen and oxygen atoms in total. The monoisotopic (exact) mass is 445 g/mol. The highest BCUT2D eigenvalue weighted by Gasteiger charge is 2.21. The molecule has 0 radical (unpaired) electrons. The van der Waals surface area contributed by atoms with E-state index in [0.29, 0.717) is 34.3 Å². The van der Waals surface area contributed by atoms with Gasteiger partial charge in [0.15, 0.2) is 10.8 Å². The molecule has 1 aromatic carbocycles. The van der Waals surface area contributed by atoms with Gasteiger partial charge < -0.3 is 10.2 Å². The van der Waals surface area contributed by atoms with Crippen LogP contribution in [0.25, 0.3) is 10.3 Å². The fourth-order valence-electron chi connectivity index (χ4n) is 3.65.